The lowest BCUT2D eigenvalue weighted by Crippen LogP contribution is -2.36. The lowest BCUT2D eigenvalue weighted by atomic mass is 10.2. The van der Waals surface area contributed by atoms with Gasteiger partial charge >= 0.3 is 0 Å². The lowest BCUT2D eigenvalue weighted by molar-refractivity contribution is 0.233. The summed E-state index contributed by atoms with van der Waals surface area (Å²) in [5, 5.41) is 0. The molecule has 0 N–H and O–H groups in total. The molecule has 0 fully saturated rings. The van der Waals surface area contributed by atoms with E-state index in [0.29, 0.717) is 0 Å². The van der Waals surface area contributed by atoms with Gasteiger partial charge in [0.05, 0.1) is 0 Å². The Bertz CT molecular complexity index is 319. The first-order valence-corrected chi connectivity index (χ1v) is 7.67. The zero-order valence-electron chi connectivity index (χ0n) is 13.9. The van der Waals surface area contributed by atoms with Crippen molar-refractivity contribution in [2.75, 3.05) is 26.2 Å². The van der Waals surface area contributed by atoms with Crippen molar-refractivity contribution in [3.63, 3.8) is 0 Å². The average molecular weight is 276 g/mol. The van der Waals surface area contributed by atoms with Gasteiger partial charge in [0.2, 0.25) is 0 Å². The third kappa shape index (κ3) is 7.22. The van der Waals surface area contributed by atoms with E-state index in [9.17, 15) is 0 Å². The fraction of sp³-hybridized carbons (Fsp3) is 0.556. The molecule has 0 rings (SSSR count). The van der Waals surface area contributed by atoms with Crippen LogP contribution in [0.15, 0.2) is 48.9 Å². The minimum Gasteiger partial charge on any atom is -0.358 e. The van der Waals surface area contributed by atoms with Gasteiger partial charge in [0, 0.05) is 26.2 Å². The highest BCUT2D eigenvalue weighted by Crippen LogP contribution is 2.14. The molecule has 0 saturated carbocycles. The van der Waals surface area contributed by atoms with Crippen LogP contribution < -0.4 is 0 Å². The van der Waals surface area contributed by atoms with E-state index in [1.165, 1.54) is 11.4 Å². The first kappa shape index (κ1) is 18.6. The number of hydrogen-bond donors (Lipinski definition) is 0. The first-order chi connectivity index (χ1) is 9.60. The van der Waals surface area contributed by atoms with Crippen molar-refractivity contribution >= 4 is 0 Å². The van der Waals surface area contributed by atoms with Gasteiger partial charge in [-0.1, -0.05) is 37.6 Å². The van der Waals surface area contributed by atoms with Crippen LogP contribution >= 0.6 is 0 Å². The molecule has 20 heavy (non-hydrogen) atoms. The normalized spacial score (nSPS) is 10.9. The number of allylic oxidation sites excluding steroid dienone is 3. The van der Waals surface area contributed by atoms with Gasteiger partial charge in [-0.25, -0.2) is 0 Å². The van der Waals surface area contributed by atoms with Crippen LogP contribution in [-0.2, 0) is 0 Å². The summed E-state index contributed by atoms with van der Waals surface area (Å²) in [6, 6.07) is 0. The Hall–Kier alpha value is -1.44. The highest BCUT2D eigenvalue weighted by Gasteiger charge is 2.13. The monoisotopic (exact) mass is 276 g/mol. The van der Waals surface area contributed by atoms with Crippen molar-refractivity contribution in [3.8, 4) is 0 Å². The second kappa shape index (κ2) is 11.4. The van der Waals surface area contributed by atoms with Gasteiger partial charge in [0.1, 0.15) is 5.82 Å². The highest BCUT2D eigenvalue weighted by molar-refractivity contribution is 5.16. The Morgan fingerprint density at radius 1 is 0.850 bits per heavy atom. The zero-order valence-corrected chi connectivity index (χ0v) is 13.9. The van der Waals surface area contributed by atoms with Gasteiger partial charge in [-0.3, -0.25) is 0 Å². The van der Waals surface area contributed by atoms with Crippen LogP contribution in [-0.4, -0.2) is 36.0 Å². The molecule has 0 aliphatic carbocycles. The molecule has 114 valence electrons. The van der Waals surface area contributed by atoms with Crippen LogP contribution in [0.25, 0.3) is 0 Å². The predicted octanol–water partition coefficient (Wildman–Crippen LogP) is 4.59. The third-order valence-electron chi connectivity index (χ3n) is 2.90. The minimum absolute atomic E-state index is 0.846. The van der Waals surface area contributed by atoms with E-state index >= 15 is 0 Å². The van der Waals surface area contributed by atoms with E-state index in [2.05, 4.69) is 62.8 Å². The summed E-state index contributed by atoms with van der Waals surface area (Å²) < 4.78 is 0. The second-order valence-electron chi connectivity index (χ2n) is 5.24. The van der Waals surface area contributed by atoms with E-state index in [0.717, 1.165) is 39.0 Å². The molecule has 2 heteroatoms. The molecule has 0 saturated heterocycles. The van der Waals surface area contributed by atoms with Gasteiger partial charge in [-0.15, -0.1) is 13.2 Å². The predicted molar refractivity (Wildman–Crippen MR) is 91.6 cm³/mol. The van der Waals surface area contributed by atoms with Crippen molar-refractivity contribution in [2.24, 2.45) is 0 Å². The largest absolute Gasteiger partial charge is 0.358 e. The van der Waals surface area contributed by atoms with Crippen LogP contribution in [0.2, 0.25) is 0 Å². The quantitative estimate of drug-likeness (QED) is 0.402. The van der Waals surface area contributed by atoms with Crippen molar-refractivity contribution in [2.45, 2.75) is 40.5 Å². The minimum atomic E-state index is 0.846. The molecule has 0 bridgehead atoms. The van der Waals surface area contributed by atoms with E-state index in [-0.39, 0.29) is 0 Å². The topological polar surface area (TPSA) is 6.48 Å². The molecule has 0 atom stereocenters. The zero-order chi connectivity index (χ0) is 15.4. The molecule has 0 aromatic carbocycles. The summed E-state index contributed by atoms with van der Waals surface area (Å²) in [5.41, 5.74) is 1.31. The Morgan fingerprint density at radius 3 is 1.70 bits per heavy atom. The van der Waals surface area contributed by atoms with E-state index < -0.39 is 0 Å². The molecule has 0 aromatic heterocycles. The molecule has 0 spiro atoms. The van der Waals surface area contributed by atoms with Crippen molar-refractivity contribution in [1.82, 2.24) is 9.80 Å². The molecule has 2 nitrogen and oxygen atoms in total. The van der Waals surface area contributed by atoms with Gasteiger partial charge in [-0.05, 0) is 32.8 Å². The highest BCUT2D eigenvalue weighted by atomic mass is 15.3. The molecule has 0 aliphatic heterocycles. The number of nitrogens with zero attached hydrogens (tertiary/aromatic N) is 2. The summed E-state index contributed by atoms with van der Waals surface area (Å²) in [6.45, 7) is 20.3. The molecule has 0 heterocycles. The van der Waals surface area contributed by atoms with Crippen LogP contribution in [0.4, 0.5) is 0 Å². The van der Waals surface area contributed by atoms with Crippen LogP contribution in [0.5, 0.6) is 0 Å². The Labute approximate surface area is 126 Å². The maximum absolute atomic E-state index is 3.87. The van der Waals surface area contributed by atoms with Gasteiger partial charge in [0.25, 0.3) is 0 Å². The first-order valence-electron chi connectivity index (χ1n) is 7.67. The van der Waals surface area contributed by atoms with Crippen molar-refractivity contribution in [1.29, 1.82) is 0 Å². The maximum Gasteiger partial charge on any atom is 0.104 e. The van der Waals surface area contributed by atoms with Crippen molar-refractivity contribution in [3.05, 3.63) is 48.9 Å². The van der Waals surface area contributed by atoms with Crippen molar-refractivity contribution < 1.29 is 0 Å². The van der Waals surface area contributed by atoms with E-state index in [4.69, 9.17) is 0 Å². The third-order valence-corrected chi connectivity index (χ3v) is 2.90. The van der Waals surface area contributed by atoms with Gasteiger partial charge < -0.3 is 9.80 Å². The fourth-order valence-electron chi connectivity index (χ4n) is 2.11. The Balaban J connectivity index is 5.38. The molecular formula is C18H32N2. The summed E-state index contributed by atoms with van der Waals surface area (Å²) in [7, 11) is 0. The molecule has 0 aromatic rings. The number of rotatable bonds is 11. The molecule has 0 amide bonds. The summed E-state index contributed by atoms with van der Waals surface area (Å²) in [4.78, 5) is 4.79. The fourth-order valence-corrected chi connectivity index (χ4v) is 2.11. The standard InChI is InChI=1S/C18H32N2/c1-7-13-19(14-8-2)18(12-11-17(5)6)20(15-9-3)16-10-4/h7-8,11-12H,1-2,9-10,13-16H2,3-6H3/b18-12+. The van der Waals surface area contributed by atoms with Crippen LogP contribution in [0, 0.1) is 0 Å². The Kier molecular flexibility index (Phi) is 10.6. The molecular weight excluding hydrogens is 244 g/mol. The Morgan fingerprint density at radius 2 is 1.35 bits per heavy atom. The van der Waals surface area contributed by atoms with Gasteiger partial charge in [0.15, 0.2) is 0 Å². The van der Waals surface area contributed by atoms with Gasteiger partial charge in [-0.2, -0.15) is 0 Å². The second-order valence-corrected chi connectivity index (χ2v) is 5.24. The van der Waals surface area contributed by atoms with Crippen LogP contribution in [0.1, 0.15) is 40.5 Å². The molecule has 0 unspecified atom stereocenters. The average Bonchev–Trinajstić information content (AvgIpc) is 2.39. The smallest absolute Gasteiger partial charge is 0.104 e. The molecule has 0 aliphatic rings. The SMILES string of the molecule is C=CCN(CC=C)/C(=C\C=C(C)C)N(CCC)CCC. The van der Waals surface area contributed by atoms with Crippen LogP contribution in [0.3, 0.4) is 0 Å². The summed E-state index contributed by atoms with van der Waals surface area (Å²) >= 11 is 0. The maximum atomic E-state index is 3.87. The molecule has 0 radical (unpaired) electrons. The summed E-state index contributed by atoms with van der Waals surface area (Å²) in [6.07, 6.45) is 10.6. The summed E-state index contributed by atoms with van der Waals surface area (Å²) in [5.74, 6) is 1.27. The van der Waals surface area contributed by atoms with E-state index in [1.807, 2.05) is 12.2 Å². The van der Waals surface area contributed by atoms with E-state index in [1.54, 1.807) is 0 Å². The number of hydrogen-bond acceptors (Lipinski definition) is 2. The lowest BCUT2D eigenvalue weighted by Gasteiger charge is -2.35.